The standard InChI is InChI=1S/C21H23ClN2O4S/c1-5-14-7-8-16(15-9-11-17(22)12-10-15)13-18(14)20(25)21(26)24(3)23-19(6-2)29(4,27)28/h7-13H,5-6H2,1-4H3. The molecule has 0 saturated heterocycles. The number of likely N-dealkylation sites (N-methyl/N-ethyl adjacent to an activating group) is 1. The molecule has 0 unspecified atom stereocenters. The number of aryl methyl sites for hydroxylation is 1. The zero-order chi connectivity index (χ0) is 21.8. The number of amides is 1. The molecule has 0 spiro atoms. The highest BCUT2D eigenvalue weighted by atomic mass is 35.5. The number of benzene rings is 2. The van der Waals surface area contributed by atoms with Gasteiger partial charge in [0.25, 0.3) is 5.78 Å². The van der Waals surface area contributed by atoms with Crippen LogP contribution in [0.15, 0.2) is 47.6 Å². The average Bonchev–Trinajstić information content (AvgIpc) is 2.69. The summed E-state index contributed by atoms with van der Waals surface area (Å²) in [4.78, 5) is 25.5. The van der Waals surface area contributed by atoms with Crippen molar-refractivity contribution >= 4 is 38.2 Å². The molecule has 0 aliphatic carbocycles. The molecule has 29 heavy (non-hydrogen) atoms. The van der Waals surface area contributed by atoms with Crippen LogP contribution in [0.4, 0.5) is 0 Å². The SMILES string of the molecule is CCC(=NN(C)C(=O)C(=O)c1cc(-c2ccc(Cl)cc2)ccc1CC)S(C)(=O)=O. The van der Waals surface area contributed by atoms with Gasteiger partial charge in [-0.2, -0.15) is 5.10 Å². The first-order chi connectivity index (χ1) is 13.6. The van der Waals surface area contributed by atoms with E-state index in [-0.39, 0.29) is 17.0 Å². The van der Waals surface area contributed by atoms with E-state index in [1.807, 2.05) is 31.2 Å². The van der Waals surface area contributed by atoms with Gasteiger partial charge in [-0.25, -0.2) is 13.4 Å². The van der Waals surface area contributed by atoms with Crippen LogP contribution in [0.1, 0.15) is 36.2 Å². The summed E-state index contributed by atoms with van der Waals surface area (Å²) in [5, 5.41) is 5.06. The predicted molar refractivity (Wildman–Crippen MR) is 116 cm³/mol. The Hall–Kier alpha value is -2.51. The third kappa shape index (κ3) is 5.52. The van der Waals surface area contributed by atoms with Crippen molar-refractivity contribution in [2.45, 2.75) is 26.7 Å². The molecule has 2 aromatic carbocycles. The molecule has 2 aromatic rings. The highest BCUT2D eigenvalue weighted by Crippen LogP contribution is 2.25. The Labute approximate surface area is 176 Å². The van der Waals surface area contributed by atoms with E-state index in [9.17, 15) is 18.0 Å². The highest BCUT2D eigenvalue weighted by Gasteiger charge is 2.24. The van der Waals surface area contributed by atoms with Crippen molar-refractivity contribution in [1.82, 2.24) is 5.01 Å². The monoisotopic (exact) mass is 434 g/mol. The van der Waals surface area contributed by atoms with Crippen molar-refractivity contribution in [2.24, 2.45) is 5.10 Å². The lowest BCUT2D eigenvalue weighted by molar-refractivity contribution is -0.125. The largest absolute Gasteiger partial charge is 0.314 e. The van der Waals surface area contributed by atoms with E-state index < -0.39 is 21.5 Å². The fourth-order valence-electron chi connectivity index (χ4n) is 2.80. The summed E-state index contributed by atoms with van der Waals surface area (Å²) in [6.45, 7) is 3.50. The number of halogens is 1. The molecular formula is C21H23ClN2O4S. The summed E-state index contributed by atoms with van der Waals surface area (Å²) < 4.78 is 23.4. The number of sulfone groups is 1. The highest BCUT2D eigenvalue weighted by molar-refractivity contribution is 8.05. The lowest BCUT2D eigenvalue weighted by atomic mass is 9.95. The molecule has 0 N–H and O–H groups in total. The fourth-order valence-corrected chi connectivity index (χ4v) is 3.72. The maximum atomic E-state index is 12.9. The van der Waals surface area contributed by atoms with E-state index in [0.29, 0.717) is 11.4 Å². The van der Waals surface area contributed by atoms with Crippen molar-refractivity contribution in [3.63, 3.8) is 0 Å². The number of rotatable bonds is 6. The summed E-state index contributed by atoms with van der Waals surface area (Å²) in [6, 6.07) is 12.5. The van der Waals surface area contributed by atoms with Crippen LogP contribution in [-0.2, 0) is 21.1 Å². The van der Waals surface area contributed by atoms with Gasteiger partial charge in [0, 0.05) is 23.9 Å². The van der Waals surface area contributed by atoms with Crippen LogP contribution in [-0.4, -0.2) is 43.5 Å². The average molecular weight is 435 g/mol. The van der Waals surface area contributed by atoms with Crippen LogP contribution in [0.3, 0.4) is 0 Å². The quantitative estimate of drug-likeness (QED) is 0.226. The third-order valence-electron chi connectivity index (χ3n) is 4.39. The number of hydrogen-bond donors (Lipinski definition) is 0. The number of nitrogens with zero attached hydrogens (tertiary/aromatic N) is 2. The second kappa shape index (κ2) is 9.33. The second-order valence-corrected chi connectivity index (χ2v) is 8.96. The van der Waals surface area contributed by atoms with Crippen LogP contribution in [0.25, 0.3) is 11.1 Å². The summed E-state index contributed by atoms with van der Waals surface area (Å²) in [5.41, 5.74) is 2.61. The Balaban J connectivity index is 2.42. The fraction of sp³-hybridized carbons (Fsp3) is 0.286. The molecule has 154 valence electrons. The molecule has 1 amide bonds. The van der Waals surface area contributed by atoms with Gasteiger partial charge in [-0.1, -0.05) is 49.7 Å². The van der Waals surface area contributed by atoms with E-state index in [1.54, 1.807) is 25.1 Å². The van der Waals surface area contributed by atoms with Crippen molar-refractivity contribution in [3.8, 4) is 11.1 Å². The number of Topliss-reactive ketones (excluding diaryl/α,β-unsaturated/α-hetero) is 1. The third-order valence-corrected chi connectivity index (χ3v) is 5.87. The van der Waals surface area contributed by atoms with Gasteiger partial charge >= 0.3 is 5.91 Å². The zero-order valence-electron chi connectivity index (χ0n) is 16.8. The van der Waals surface area contributed by atoms with Crippen LogP contribution in [0.2, 0.25) is 5.02 Å². The van der Waals surface area contributed by atoms with Gasteiger partial charge in [0.1, 0.15) is 0 Å². The van der Waals surface area contributed by atoms with Crippen LogP contribution in [0, 0.1) is 0 Å². The summed E-state index contributed by atoms with van der Waals surface area (Å²) >= 11 is 5.93. The normalized spacial score (nSPS) is 12.0. The Morgan fingerprint density at radius 3 is 2.14 bits per heavy atom. The molecule has 6 nitrogen and oxygen atoms in total. The molecule has 0 bridgehead atoms. The smallest absolute Gasteiger partial charge is 0.283 e. The number of ketones is 1. The van der Waals surface area contributed by atoms with E-state index >= 15 is 0 Å². The van der Waals surface area contributed by atoms with E-state index in [4.69, 9.17) is 11.6 Å². The van der Waals surface area contributed by atoms with Gasteiger partial charge in [0.2, 0.25) is 0 Å². The first-order valence-electron chi connectivity index (χ1n) is 9.07. The van der Waals surface area contributed by atoms with Crippen molar-refractivity contribution in [3.05, 3.63) is 58.6 Å². The van der Waals surface area contributed by atoms with Gasteiger partial charge in [-0.15, -0.1) is 0 Å². The number of carbonyl (C=O) groups excluding carboxylic acids is 2. The van der Waals surface area contributed by atoms with Crippen LogP contribution in [0.5, 0.6) is 0 Å². The van der Waals surface area contributed by atoms with Gasteiger partial charge < -0.3 is 0 Å². The molecule has 0 heterocycles. The van der Waals surface area contributed by atoms with E-state index in [1.165, 1.54) is 7.05 Å². The molecule has 8 heteroatoms. The van der Waals surface area contributed by atoms with Gasteiger partial charge in [-0.3, -0.25) is 9.59 Å². The molecule has 0 radical (unpaired) electrons. The lowest BCUT2D eigenvalue weighted by Crippen LogP contribution is -2.32. The van der Waals surface area contributed by atoms with Gasteiger partial charge in [0.05, 0.1) is 0 Å². The molecule has 0 saturated carbocycles. The molecule has 0 atom stereocenters. The maximum Gasteiger partial charge on any atom is 0.314 e. The minimum absolute atomic E-state index is 0.122. The molecule has 0 aliphatic heterocycles. The second-order valence-electron chi connectivity index (χ2n) is 6.51. The number of hydrogen-bond acceptors (Lipinski definition) is 5. The summed E-state index contributed by atoms with van der Waals surface area (Å²) in [7, 11) is -2.29. The van der Waals surface area contributed by atoms with Gasteiger partial charge in [0.15, 0.2) is 14.9 Å². The number of carbonyl (C=O) groups is 2. The minimum atomic E-state index is -3.56. The van der Waals surface area contributed by atoms with Crippen molar-refractivity contribution in [2.75, 3.05) is 13.3 Å². The van der Waals surface area contributed by atoms with E-state index in [0.717, 1.165) is 28.0 Å². The summed E-state index contributed by atoms with van der Waals surface area (Å²) in [6.07, 6.45) is 1.70. The van der Waals surface area contributed by atoms with Gasteiger partial charge in [-0.05, 0) is 47.7 Å². The number of hydrazone groups is 1. The van der Waals surface area contributed by atoms with Crippen LogP contribution < -0.4 is 0 Å². The van der Waals surface area contributed by atoms with Crippen LogP contribution >= 0.6 is 11.6 Å². The predicted octanol–water partition coefficient (Wildman–Crippen LogP) is 3.98. The molecule has 0 aromatic heterocycles. The Bertz CT molecular complexity index is 1060. The Morgan fingerprint density at radius 2 is 1.62 bits per heavy atom. The maximum absolute atomic E-state index is 12.9. The van der Waals surface area contributed by atoms with Crippen molar-refractivity contribution in [1.29, 1.82) is 0 Å². The first-order valence-corrected chi connectivity index (χ1v) is 11.3. The Kier molecular flexibility index (Phi) is 7.32. The summed E-state index contributed by atoms with van der Waals surface area (Å²) in [5.74, 6) is -1.64. The van der Waals surface area contributed by atoms with Crippen molar-refractivity contribution < 1.29 is 18.0 Å². The first kappa shape index (κ1) is 22.8. The zero-order valence-corrected chi connectivity index (χ0v) is 18.3. The molecule has 0 fully saturated rings. The minimum Gasteiger partial charge on any atom is -0.283 e. The lowest BCUT2D eigenvalue weighted by Gasteiger charge is -2.14. The molecule has 2 rings (SSSR count). The van der Waals surface area contributed by atoms with E-state index in [2.05, 4.69) is 5.10 Å². The Morgan fingerprint density at radius 1 is 1.03 bits per heavy atom. The molecular weight excluding hydrogens is 412 g/mol. The topological polar surface area (TPSA) is 83.9 Å². The molecule has 0 aliphatic rings.